The van der Waals surface area contributed by atoms with E-state index >= 15 is 0 Å². The van der Waals surface area contributed by atoms with Gasteiger partial charge in [0.05, 0.1) is 12.0 Å². The molecule has 1 aliphatic heterocycles. The van der Waals surface area contributed by atoms with Crippen LogP contribution in [0.2, 0.25) is 0 Å². The van der Waals surface area contributed by atoms with Gasteiger partial charge in [0, 0.05) is 19.0 Å². The zero-order valence-electron chi connectivity index (χ0n) is 11.6. The lowest BCUT2D eigenvalue weighted by atomic mass is 9.88. The number of hydrogen-bond acceptors (Lipinski definition) is 3. The largest absolute Gasteiger partial charge is 0.359 e. The monoisotopic (exact) mass is 240 g/mol. The van der Waals surface area contributed by atoms with E-state index in [0.717, 1.165) is 13.0 Å². The van der Waals surface area contributed by atoms with Crippen LogP contribution in [-0.2, 0) is 9.59 Å². The van der Waals surface area contributed by atoms with Crippen molar-refractivity contribution in [2.24, 2.45) is 10.8 Å². The number of carbonyl (C=O) groups is 2. The third-order valence-corrected chi connectivity index (χ3v) is 3.53. The maximum absolute atomic E-state index is 11.9. The quantitative estimate of drug-likeness (QED) is 0.802. The van der Waals surface area contributed by atoms with Gasteiger partial charge in [-0.1, -0.05) is 20.8 Å². The van der Waals surface area contributed by atoms with Gasteiger partial charge in [-0.05, 0) is 19.9 Å². The Morgan fingerprint density at radius 3 is 2.41 bits per heavy atom. The Hall–Kier alpha value is -0.900. The first-order chi connectivity index (χ1) is 7.69. The number of hydrogen-bond donors (Lipinski definition) is 1. The number of likely N-dealkylation sites (tertiary alicyclic amines) is 1. The van der Waals surface area contributed by atoms with Crippen LogP contribution in [0.4, 0.5) is 0 Å². The Morgan fingerprint density at radius 1 is 1.35 bits per heavy atom. The second-order valence-corrected chi connectivity index (χ2v) is 6.27. The van der Waals surface area contributed by atoms with Gasteiger partial charge in [-0.15, -0.1) is 0 Å². The summed E-state index contributed by atoms with van der Waals surface area (Å²) in [5, 5.41) is 2.70. The first kappa shape index (κ1) is 14.2. The van der Waals surface area contributed by atoms with Crippen LogP contribution in [0.25, 0.3) is 0 Å². The van der Waals surface area contributed by atoms with Crippen molar-refractivity contribution in [3.63, 3.8) is 0 Å². The molecule has 0 bridgehead atoms. The van der Waals surface area contributed by atoms with Gasteiger partial charge < -0.3 is 5.32 Å². The van der Waals surface area contributed by atoms with E-state index < -0.39 is 0 Å². The van der Waals surface area contributed by atoms with E-state index in [1.807, 2.05) is 27.7 Å². The number of nitrogens with one attached hydrogen (secondary N) is 1. The highest BCUT2D eigenvalue weighted by Gasteiger charge is 2.40. The minimum absolute atomic E-state index is 0.0724. The summed E-state index contributed by atoms with van der Waals surface area (Å²) in [7, 11) is 1.66. The van der Waals surface area contributed by atoms with Gasteiger partial charge in [-0.3, -0.25) is 14.5 Å². The highest BCUT2D eigenvalue weighted by molar-refractivity contribution is 5.86. The number of Topliss-reactive ketones (excluding diaryl/α,β-unsaturated/α-hetero) is 1. The Balaban J connectivity index is 2.57. The molecule has 1 fully saturated rings. The highest BCUT2D eigenvalue weighted by atomic mass is 16.2. The zero-order chi connectivity index (χ0) is 13.3. The minimum Gasteiger partial charge on any atom is -0.359 e. The normalized spacial score (nSPS) is 25.9. The van der Waals surface area contributed by atoms with Crippen molar-refractivity contribution in [3.8, 4) is 0 Å². The van der Waals surface area contributed by atoms with Crippen LogP contribution in [0.15, 0.2) is 0 Å². The lowest BCUT2D eigenvalue weighted by Crippen LogP contribution is -2.41. The van der Waals surface area contributed by atoms with Gasteiger partial charge in [0.25, 0.3) is 0 Å². The smallest absolute Gasteiger partial charge is 0.227 e. The van der Waals surface area contributed by atoms with Crippen molar-refractivity contribution in [2.45, 2.75) is 34.1 Å². The van der Waals surface area contributed by atoms with Gasteiger partial charge >= 0.3 is 0 Å². The van der Waals surface area contributed by atoms with E-state index in [9.17, 15) is 9.59 Å². The molecule has 1 rings (SSSR count). The molecule has 1 unspecified atom stereocenters. The predicted molar refractivity (Wildman–Crippen MR) is 67.7 cm³/mol. The van der Waals surface area contributed by atoms with Crippen LogP contribution >= 0.6 is 0 Å². The molecule has 0 radical (unpaired) electrons. The van der Waals surface area contributed by atoms with Gasteiger partial charge in [0.15, 0.2) is 5.78 Å². The van der Waals surface area contributed by atoms with E-state index in [2.05, 4.69) is 10.2 Å². The summed E-state index contributed by atoms with van der Waals surface area (Å²) in [6.07, 6.45) is 0.824. The fourth-order valence-electron chi connectivity index (χ4n) is 2.12. The maximum Gasteiger partial charge on any atom is 0.227 e. The lowest BCUT2D eigenvalue weighted by Gasteiger charge is -2.24. The van der Waals surface area contributed by atoms with Crippen LogP contribution in [0, 0.1) is 10.8 Å². The topological polar surface area (TPSA) is 49.4 Å². The molecular formula is C13H24N2O2. The molecule has 0 spiro atoms. The van der Waals surface area contributed by atoms with E-state index in [4.69, 9.17) is 0 Å². The third-order valence-electron chi connectivity index (χ3n) is 3.53. The van der Waals surface area contributed by atoms with E-state index in [1.165, 1.54) is 0 Å². The van der Waals surface area contributed by atoms with Crippen LogP contribution in [-0.4, -0.2) is 43.3 Å². The van der Waals surface area contributed by atoms with Crippen molar-refractivity contribution in [1.29, 1.82) is 0 Å². The Morgan fingerprint density at radius 2 is 1.94 bits per heavy atom. The molecule has 1 saturated heterocycles. The van der Waals surface area contributed by atoms with Crippen LogP contribution in [0.3, 0.4) is 0 Å². The standard InChI is InChI=1S/C13H24N2O2/c1-12(2,3)10(16)8-15-7-6-13(4,9-15)11(17)14-5/h6-9H2,1-5H3,(H,14,17). The first-order valence-corrected chi connectivity index (χ1v) is 6.17. The van der Waals surface area contributed by atoms with Gasteiger partial charge in [-0.2, -0.15) is 0 Å². The molecule has 1 heterocycles. The molecule has 1 N–H and O–H groups in total. The summed E-state index contributed by atoms with van der Waals surface area (Å²) in [4.78, 5) is 25.8. The summed E-state index contributed by atoms with van der Waals surface area (Å²) in [6, 6.07) is 0. The van der Waals surface area contributed by atoms with E-state index in [-0.39, 0.29) is 22.5 Å². The van der Waals surface area contributed by atoms with E-state index in [0.29, 0.717) is 13.1 Å². The molecule has 0 saturated carbocycles. The highest BCUT2D eigenvalue weighted by Crippen LogP contribution is 2.30. The van der Waals surface area contributed by atoms with Crippen molar-refractivity contribution in [1.82, 2.24) is 10.2 Å². The van der Waals surface area contributed by atoms with Gasteiger partial charge in [-0.25, -0.2) is 0 Å². The average Bonchev–Trinajstić information content (AvgIpc) is 2.59. The fourth-order valence-corrected chi connectivity index (χ4v) is 2.12. The molecule has 0 aromatic carbocycles. The third kappa shape index (κ3) is 3.28. The molecule has 0 aromatic rings. The van der Waals surface area contributed by atoms with Crippen molar-refractivity contribution >= 4 is 11.7 Å². The molecule has 0 aliphatic carbocycles. The number of carbonyl (C=O) groups excluding carboxylic acids is 2. The predicted octanol–water partition coefficient (Wildman–Crippen LogP) is 1.06. The number of rotatable bonds is 3. The van der Waals surface area contributed by atoms with Crippen molar-refractivity contribution in [2.75, 3.05) is 26.7 Å². The second-order valence-electron chi connectivity index (χ2n) is 6.27. The lowest BCUT2D eigenvalue weighted by molar-refractivity contribution is -0.130. The van der Waals surface area contributed by atoms with Gasteiger partial charge in [0.1, 0.15) is 0 Å². The summed E-state index contributed by atoms with van der Waals surface area (Å²) in [5.41, 5.74) is -0.640. The molecule has 1 atom stereocenters. The Labute approximate surface area is 104 Å². The molecule has 1 amide bonds. The van der Waals surface area contributed by atoms with E-state index in [1.54, 1.807) is 7.05 Å². The number of nitrogens with zero attached hydrogens (tertiary/aromatic N) is 1. The van der Waals surface area contributed by atoms with Crippen molar-refractivity contribution < 1.29 is 9.59 Å². The minimum atomic E-state index is -0.340. The first-order valence-electron chi connectivity index (χ1n) is 6.17. The Bertz CT molecular complexity index is 320. The molecule has 4 nitrogen and oxygen atoms in total. The number of amides is 1. The summed E-state index contributed by atoms with van der Waals surface area (Å²) < 4.78 is 0. The molecule has 17 heavy (non-hydrogen) atoms. The number of ketones is 1. The van der Waals surface area contributed by atoms with Crippen LogP contribution in [0.5, 0.6) is 0 Å². The van der Waals surface area contributed by atoms with Crippen LogP contribution < -0.4 is 5.32 Å². The average molecular weight is 240 g/mol. The van der Waals surface area contributed by atoms with Gasteiger partial charge in [0.2, 0.25) is 5.91 Å². The fraction of sp³-hybridized carbons (Fsp3) is 0.846. The summed E-state index contributed by atoms with van der Waals surface area (Å²) in [5.74, 6) is 0.307. The zero-order valence-corrected chi connectivity index (χ0v) is 11.6. The summed E-state index contributed by atoms with van der Waals surface area (Å²) >= 11 is 0. The Kier molecular flexibility index (Phi) is 3.97. The van der Waals surface area contributed by atoms with Crippen LogP contribution in [0.1, 0.15) is 34.1 Å². The van der Waals surface area contributed by atoms with Crippen molar-refractivity contribution in [3.05, 3.63) is 0 Å². The molecular weight excluding hydrogens is 216 g/mol. The molecule has 1 aliphatic rings. The molecule has 4 heteroatoms. The maximum atomic E-state index is 11.9. The summed E-state index contributed by atoms with van der Waals surface area (Å²) in [6.45, 7) is 9.72. The molecule has 98 valence electrons. The SMILES string of the molecule is CNC(=O)C1(C)CCN(CC(=O)C(C)(C)C)C1. The molecule has 0 aromatic heterocycles. The second kappa shape index (κ2) is 4.77.